The van der Waals surface area contributed by atoms with E-state index in [1.54, 1.807) is 13.8 Å². The maximum atomic E-state index is 13.0. The number of halogens is 3. The van der Waals surface area contributed by atoms with Crippen LogP contribution < -0.4 is 10.6 Å². The molecule has 1 aromatic carbocycles. The highest BCUT2D eigenvalue weighted by Crippen LogP contribution is 2.30. The summed E-state index contributed by atoms with van der Waals surface area (Å²) in [6, 6.07) is 4.89. The molecule has 29 heavy (non-hydrogen) atoms. The number of alkyl halides is 3. The third kappa shape index (κ3) is 6.07. The molecule has 0 aliphatic carbocycles. The Labute approximate surface area is 167 Å². The summed E-state index contributed by atoms with van der Waals surface area (Å²) in [7, 11) is 0. The van der Waals surface area contributed by atoms with Gasteiger partial charge in [0, 0.05) is 30.8 Å². The Balaban J connectivity index is 2.06. The van der Waals surface area contributed by atoms with Crippen LogP contribution in [-0.4, -0.2) is 34.7 Å². The molecule has 0 unspecified atom stereocenters. The third-order valence-electron chi connectivity index (χ3n) is 4.44. The van der Waals surface area contributed by atoms with Crippen molar-refractivity contribution in [2.75, 3.05) is 13.1 Å². The van der Waals surface area contributed by atoms with Crippen LogP contribution in [0.4, 0.5) is 13.2 Å². The van der Waals surface area contributed by atoms with Gasteiger partial charge in [0.15, 0.2) is 0 Å². The van der Waals surface area contributed by atoms with E-state index in [1.165, 1.54) is 16.8 Å². The van der Waals surface area contributed by atoms with E-state index in [-0.39, 0.29) is 36.9 Å². The van der Waals surface area contributed by atoms with Crippen LogP contribution in [0.3, 0.4) is 0 Å². The van der Waals surface area contributed by atoms with Crippen molar-refractivity contribution < 1.29 is 22.8 Å². The van der Waals surface area contributed by atoms with Crippen LogP contribution in [0.25, 0.3) is 5.69 Å². The van der Waals surface area contributed by atoms with Crippen LogP contribution in [0.15, 0.2) is 24.3 Å². The van der Waals surface area contributed by atoms with Crippen LogP contribution in [0.5, 0.6) is 0 Å². The predicted molar refractivity (Wildman–Crippen MR) is 103 cm³/mol. The van der Waals surface area contributed by atoms with Gasteiger partial charge in [0.2, 0.25) is 11.8 Å². The lowest BCUT2D eigenvalue weighted by atomic mass is 10.1. The number of hydrogen-bond donors (Lipinski definition) is 2. The van der Waals surface area contributed by atoms with Crippen LogP contribution in [0.1, 0.15) is 42.3 Å². The molecule has 0 bridgehead atoms. The summed E-state index contributed by atoms with van der Waals surface area (Å²) in [5.74, 6) is -0.403. The first kappa shape index (κ1) is 22.4. The predicted octanol–water partition coefficient (Wildman–Crippen LogP) is 3.08. The minimum Gasteiger partial charge on any atom is -0.356 e. The van der Waals surface area contributed by atoms with Crippen molar-refractivity contribution in [1.82, 2.24) is 20.4 Å². The molecule has 2 amide bonds. The number of rotatable bonds is 8. The van der Waals surface area contributed by atoms with Gasteiger partial charge in [-0.05, 0) is 38.5 Å². The lowest BCUT2D eigenvalue weighted by molar-refractivity contribution is -0.137. The number of carbonyl (C=O) groups excluding carboxylic acids is 2. The summed E-state index contributed by atoms with van der Waals surface area (Å²) in [5.41, 5.74) is 1.33. The quantitative estimate of drug-likeness (QED) is 0.702. The molecular formula is C20H25F3N4O2. The van der Waals surface area contributed by atoms with Crippen LogP contribution in [0.2, 0.25) is 0 Å². The second-order valence-corrected chi connectivity index (χ2v) is 6.74. The van der Waals surface area contributed by atoms with Gasteiger partial charge >= 0.3 is 6.18 Å². The highest BCUT2D eigenvalue weighted by Gasteiger charge is 2.30. The monoisotopic (exact) mass is 410 g/mol. The van der Waals surface area contributed by atoms with E-state index in [0.29, 0.717) is 23.5 Å². The van der Waals surface area contributed by atoms with Gasteiger partial charge in [-0.2, -0.15) is 18.3 Å². The second kappa shape index (κ2) is 9.58. The molecule has 1 aromatic heterocycles. The number of hydrogen-bond acceptors (Lipinski definition) is 3. The fraction of sp³-hybridized carbons (Fsp3) is 0.450. The summed E-state index contributed by atoms with van der Waals surface area (Å²) in [6.45, 7) is 6.18. The van der Waals surface area contributed by atoms with Crippen LogP contribution >= 0.6 is 0 Å². The smallest absolute Gasteiger partial charge is 0.356 e. The number of nitrogens with zero attached hydrogens (tertiary/aromatic N) is 2. The Morgan fingerprint density at radius 1 is 1.10 bits per heavy atom. The lowest BCUT2D eigenvalue weighted by Gasteiger charge is -2.10. The van der Waals surface area contributed by atoms with Gasteiger partial charge in [0.1, 0.15) is 0 Å². The third-order valence-corrected chi connectivity index (χ3v) is 4.44. The Bertz CT molecular complexity index is 875. The minimum atomic E-state index is -4.45. The highest BCUT2D eigenvalue weighted by atomic mass is 19.4. The first-order valence-corrected chi connectivity index (χ1v) is 9.39. The van der Waals surface area contributed by atoms with E-state index in [2.05, 4.69) is 15.7 Å². The summed E-state index contributed by atoms with van der Waals surface area (Å²) >= 11 is 0. The molecule has 2 rings (SSSR count). The first-order valence-electron chi connectivity index (χ1n) is 9.39. The summed E-state index contributed by atoms with van der Waals surface area (Å²) in [6.07, 6.45) is -3.38. The van der Waals surface area contributed by atoms with Crippen LogP contribution in [-0.2, 0) is 22.2 Å². The van der Waals surface area contributed by atoms with Crippen molar-refractivity contribution >= 4 is 11.8 Å². The normalized spacial score (nSPS) is 11.4. The number of aryl methyl sites for hydroxylation is 1. The maximum Gasteiger partial charge on any atom is 0.416 e. The number of nitrogens with one attached hydrogen (secondary N) is 2. The van der Waals surface area contributed by atoms with E-state index in [9.17, 15) is 22.8 Å². The lowest BCUT2D eigenvalue weighted by Crippen LogP contribution is -2.31. The SMILES string of the molecule is CCCNC(=O)CCNC(=O)Cc1c(C)nn(-c2cccc(C(F)(F)F)c2)c1C. The Morgan fingerprint density at radius 2 is 1.79 bits per heavy atom. The highest BCUT2D eigenvalue weighted by molar-refractivity contribution is 5.80. The van der Waals surface area contributed by atoms with E-state index in [0.717, 1.165) is 18.6 Å². The maximum absolute atomic E-state index is 13.0. The van der Waals surface area contributed by atoms with Gasteiger partial charge in [0.05, 0.1) is 23.4 Å². The van der Waals surface area contributed by atoms with Crippen molar-refractivity contribution in [3.8, 4) is 5.69 Å². The molecule has 0 aliphatic rings. The molecule has 9 heteroatoms. The Morgan fingerprint density at radius 3 is 2.45 bits per heavy atom. The van der Waals surface area contributed by atoms with Gasteiger partial charge in [0.25, 0.3) is 0 Å². The zero-order valence-electron chi connectivity index (χ0n) is 16.7. The van der Waals surface area contributed by atoms with E-state index in [4.69, 9.17) is 0 Å². The van der Waals surface area contributed by atoms with Gasteiger partial charge in [-0.1, -0.05) is 13.0 Å². The number of benzene rings is 1. The van der Waals surface area contributed by atoms with E-state index < -0.39 is 11.7 Å². The van der Waals surface area contributed by atoms with Crippen molar-refractivity contribution in [2.24, 2.45) is 0 Å². The molecule has 0 spiro atoms. The molecule has 0 saturated heterocycles. The average molecular weight is 410 g/mol. The standard InChI is InChI=1S/C20H25F3N4O2/c1-4-9-24-18(28)8-10-25-19(29)12-17-13(2)26-27(14(17)3)16-7-5-6-15(11-16)20(21,22)23/h5-7,11H,4,8-10,12H2,1-3H3,(H,24,28)(H,25,29). The molecule has 0 fully saturated rings. The molecular weight excluding hydrogens is 385 g/mol. The Hall–Kier alpha value is -2.84. The summed E-state index contributed by atoms with van der Waals surface area (Å²) in [5, 5.41) is 9.72. The zero-order valence-corrected chi connectivity index (χ0v) is 16.7. The topological polar surface area (TPSA) is 76.0 Å². The van der Waals surface area contributed by atoms with Gasteiger partial charge < -0.3 is 10.6 Å². The molecule has 2 aromatic rings. The second-order valence-electron chi connectivity index (χ2n) is 6.74. The fourth-order valence-electron chi connectivity index (χ4n) is 2.89. The molecule has 6 nitrogen and oxygen atoms in total. The number of aromatic nitrogens is 2. The molecule has 2 N–H and O–H groups in total. The molecule has 1 heterocycles. The van der Waals surface area contributed by atoms with Crippen molar-refractivity contribution in [1.29, 1.82) is 0 Å². The van der Waals surface area contributed by atoms with Gasteiger partial charge in [-0.25, -0.2) is 4.68 Å². The molecule has 0 radical (unpaired) electrons. The zero-order chi connectivity index (χ0) is 21.6. The molecule has 158 valence electrons. The molecule has 0 saturated carbocycles. The minimum absolute atomic E-state index is 0.0349. The van der Waals surface area contributed by atoms with E-state index in [1.807, 2.05) is 6.92 Å². The number of carbonyl (C=O) groups is 2. The average Bonchev–Trinajstić information content (AvgIpc) is 2.94. The number of amides is 2. The van der Waals surface area contributed by atoms with Crippen molar-refractivity contribution in [3.63, 3.8) is 0 Å². The largest absolute Gasteiger partial charge is 0.416 e. The first-order chi connectivity index (χ1) is 13.6. The Kier molecular flexibility index (Phi) is 7.41. The molecule has 0 atom stereocenters. The summed E-state index contributed by atoms with van der Waals surface area (Å²) < 4.78 is 40.3. The molecule has 0 aliphatic heterocycles. The van der Waals surface area contributed by atoms with Crippen LogP contribution in [0, 0.1) is 13.8 Å². The van der Waals surface area contributed by atoms with Gasteiger partial charge in [-0.15, -0.1) is 0 Å². The fourth-order valence-corrected chi connectivity index (χ4v) is 2.89. The van der Waals surface area contributed by atoms with Gasteiger partial charge in [-0.3, -0.25) is 9.59 Å². The van der Waals surface area contributed by atoms with Crippen molar-refractivity contribution in [2.45, 2.75) is 46.2 Å². The van der Waals surface area contributed by atoms with E-state index >= 15 is 0 Å². The van der Waals surface area contributed by atoms with Crippen molar-refractivity contribution in [3.05, 3.63) is 46.8 Å². The summed E-state index contributed by atoms with van der Waals surface area (Å²) in [4.78, 5) is 23.8.